The average molecular weight is 327 g/mol. The van der Waals surface area contributed by atoms with E-state index in [-0.39, 0.29) is 11.5 Å². The Bertz CT molecular complexity index is 715. The summed E-state index contributed by atoms with van der Waals surface area (Å²) in [4.78, 5) is 2.48. The van der Waals surface area contributed by atoms with E-state index in [9.17, 15) is 5.11 Å². The van der Waals surface area contributed by atoms with Crippen LogP contribution in [0.2, 0.25) is 0 Å². The highest BCUT2D eigenvalue weighted by Gasteiger charge is 2.64. The van der Waals surface area contributed by atoms with Gasteiger partial charge in [0.2, 0.25) is 0 Å². The minimum atomic E-state index is -0.539. The molecule has 24 heavy (non-hydrogen) atoms. The van der Waals surface area contributed by atoms with Gasteiger partial charge < -0.3 is 19.5 Å². The molecule has 0 radical (unpaired) electrons. The Morgan fingerprint density at radius 1 is 1.38 bits per heavy atom. The van der Waals surface area contributed by atoms with E-state index in [1.165, 1.54) is 11.1 Å². The molecule has 2 heterocycles. The third-order valence-electron chi connectivity index (χ3n) is 6.60. The zero-order chi connectivity index (χ0) is 16.5. The van der Waals surface area contributed by atoms with Gasteiger partial charge in [-0.2, -0.15) is 0 Å². The Hall–Kier alpha value is -1.52. The molecule has 4 aliphatic rings. The standard InChI is InChI=1S/C20H25NO3/c1-3-10-23-16-7-4-12-11-14-13-5-6-15(22)19-20(13,8-9-21(14)2)17(12)18(16)24-19/h4-7,13-15,19,22H,3,8-11H2,1-2H3/t13-,14+,15-,19-,20-/m0/s1. The highest BCUT2D eigenvalue weighted by atomic mass is 16.5. The molecule has 128 valence electrons. The van der Waals surface area contributed by atoms with Gasteiger partial charge in [0.1, 0.15) is 12.2 Å². The molecular weight excluding hydrogens is 302 g/mol. The van der Waals surface area contributed by atoms with Crippen molar-refractivity contribution in [3.8, 4) is 11.5 Å². The summed E-state index contributed by atoms with van der Waals surface area (Å²) in [6.07, 6.45) is 6.55. The Morgan fingerprint density at radius 2 is 2.25 bits per heavy atom. The van der Waals surface area contributed by atoms with Crippen LogP contribution in [0.1, 0.15) is 30.9 Å². The molecule has 0 aromatic heterocycles. The lowest BCUT2D eigenvalue weighted by atomic mass is 9.53. The van der Waals surface area contributed by atoms with E-state index in [4.69, 9.17) is 9.47 Å². The lowest BCUT2D eigenvalue weighted by Crippen LogP contribution is -2.64. The number of benzene rings is 1. The molecule has 2 aliphatic carbocycles. The van der Waals surface area contributed by atoms with Crippen LogP contribution in [0, 0.1) is 5.92 Å². The smallest absolute Gasteiger partial charge is 0.165 e. The summed E-state index contributed by atoms with van der Waals surface area (Å²) in [5, 5.41) is 10.7. The summed E-state index contributed by atoms with van der Waals surface area (Å²) in [5.41, 5.74) is 2.63. The second kappa shape index (κ2) is 4.99. The maximum Gasteiger partial charge on any atom is 0.165 e. The number of likely N-dealkylation sites (tertiary alicyclic amines) is 1. The summed E-state index contributed by atoms with van der Waals surface area (Å²) in [5.74, 6) is 2.17. The fraction of sp³-hybridized carbons (Fsp3) is 0.600. The van der Waals surface area contributed by atoms with E-state index in [1.807, 2.05) is 6.08 Å². The first kappa shape index (κ1) is 14.8. The number of hydrogen-bond donors (Lipinski definition) is 1. The third-order valence-corrected chi connectivity index (χ3v) is 6.60. The van der Waals surface area contributed by atoms with Gasteiger partial charge in [-0.05, 0) is 44.5 Å². The average Bonchev–Trinajstić information content (AvgIpc) is 2.94. The molecular formula is C20H25NO3. The lowest BCUT2D eigenvalue weighted by molar-refractivity contribution is -0.0454. The summed E-state index contributed by atoms with van der Waals surface area (Å²) >= 11 is 0. The molecule has 2 aliphatic heterocycles. The molecule has 1 spiro atoms. The minimum absolute atomic E-state index is 0.0835. The van der Waals surface area contributed by atoms with Crippen LogP contribution in [-0.4, -0.2) is 48.5 Å². The Labute approximate surface area is 143 Å². The van der Waals surface area contributed by atoms with Gasteiger partial charge in [-0.3, -0.25) is 0 Å². The number of rotatable bonds is 3. The van der Waals surface area contributed by atoms with Crippen molar-refractivity contribution < 1.29 is 14.6 Å². The number of aliphatic hydroxyl groups excluding tert-OH is 1. The van der Waals surface area contributed by atoms with Gasteiger partial charge in [-0.15, -0.1) is 0 Å². The fourth-order valence-electron chi connectivity index (χ4n) is 5.55. The molecule has 0 amide bonds. The summed E-state index contributed by atoms with van der Waals surface area (Å²) in [6, 6.07) is 4.78. The minimum Gasteiger partial charge on any atom is -0.490 e. The van der Waals surface area contributed by atoms with Gasteiger partial charge in [0.15, 0.2) is 11.5 Å². The highest BCUT2D eigenvalue weighted by molar-refractivity contribution is 5.62. The topological polar surface area (TPSA) is 41.9 Å². The molecule has 1 N–H and O–H groups in total. The van der Waals surface area contributed by atoms with Crippen LogP contribution in [0.15, 0.2) is 24.3 Å². The number of piperidine rings is 1. The zero-order valence-electron chi connectivity index (χ0n) is 14.4. The molecule has 5 atom stereocenters. The van der Waals surface area contributed by atoms with Gasteiger partial charge in [0.05, 0.1) is 6.61 Å². The molecule has 1 aromatic rings. The predicted octanol–water partition coefficient (Wildman–Crippen LogP) is 2.28. The Balaban J connectivity index is 1.72. The molecule has 0 unspecified atom stereocenters. The van der Waals surface area contributed by atoms with Crippen molar-refractivity contribution in [3.05, 3.63) is 35.4 Å². The van der Waals surface area contributed by atoms with Crippen LogP contribution < -0.4 is 9.47 Å². The van der Waals surface area contributed by atoms with E-state index in [2.05, 4.69) is 37.1 Å². The maximum atomic E-state index is 10.7. The zero-order valence-corrected chi connectivity index (χ0v) is 14.4. The van der Waals surface area contributed by atoms with Crippen molar-refractivity contribution in [2.75, 3.05) is 20.2 Å². The summed E-state index contributed by atoms with van der Waals surface area (Å²) in [6.45, 7) is 3.87. The van der Waals surface area contributed by atoms with Crippen molar-refractivity contribution in [2.45, 2.75) is 49.9 Å². The van der Waals surface area contributed by atoms with Crippen LogP contribution in [0.5, 0.6) is 11.5 Å². The van der Waals surface area contributed by atoms with Gasteiger partial charge >= 0.3 is 0 Å². The van der Waals surface area contributed by atoms with E-state index in [1.54, 1.807) is 0 Å². The second-order valence-electron chi connectivity index (χ2n) is 7.76. The molecule has 4 heteroatoms. The Kier molecular flexibility index (Phi) is 3.08. The summed E-state index contributed by atoms with van der Waals surface area (Å²) < 4.78 is 12.4. The molecule has 4 nitrogen and oxygen atoms in total. The van der Waals surface area contributed by atoms with E-state index in [0.29, 0.717) is 18.6 Å². The lowest BCUT2D eigenvalue weighted by Gasteiger charge is -2.56. The van der Waals surface area contributed by atoms with Gasteiger partial charge in [-0.25, -0.2) is 0 Å². The number of nitrogens with zero attached hydrogens (tertiary/aromatic N) is 1. The van der Waals surface area contributed by atoms with Crippen LogP contribution >= 0.6 is 0 Å². The fourth-order valence-corrected chi connectivity index (χ4v) is 5.55. The van der Waals surface area contributed by atoms with Gasteiger partial charge in [-0.1, -0.05) is 25.1 Å². The van der Waals surface area contributed by atoms with Crippen molar-refractivity contribution in [1.29, 1.82) is 0 Å². The van der Waals surface area contributed by atoms with Crippen molar-refractivity contribution in [2.24, 2.45) is 5.92 Å². The van der Waals surface area contributed by atoms with Gasteiger partial charge in [0.25, 0.3) is 0 Å². The highest BCUT2D eigenvalue weighted by Crippen LogP contribution is 2.62. The maximum absolute atomic E-state index is 10.7. The van der Waals surface area contributed by atoms with E-state index < -0.39 is 6.10 Å². The van der Waals surface area contributed by atoms with Crippen molar-refractivity contribution in [3.63, 3.8) is 0 Å². The molecule has 1 aromatic carbocycles. The van der Waals surface area contributed by atoms with Crippen LogP contribution in [0.3, 0.4) is 0 Å². The first-order chi connectivity index (χ1) is 11.7. The second-order valence-corrected chi connectivity index (χ2v) is 7.76. The van der Waals surface area contributed by atoms with E-state index in [0.717, 1.165) is 37.3 Å². The number of ether oxygens (including phenoxy) is 2. The van der Waals surface area contributed by atoms with Crippen LogP contribution in [-0.2, 0) is 11.8 Å². The molecule has 1 saturated heterocycles. The van der Waals surface area contributed by atoms with Crippen LogP contribution in [0.25, 0.3) is 0 Å². The van der Waals surface area contributed by atoms with Crippen molar-refractivity contribution in [1.82, 2.24) is 4.90 Å². The largest absolute Gasteiger partial charge is 0.490 e. The number of likely N-dealkylation sites (N-methyl/N-ethyl adjacent to an activating group) is 1. The molecule has 2 bridgehead atoms. The summed E-state index contributed by atoms with van der Waals surface area (Å²) in [7, 11) is 2.23. The molecule has 0 saturated carbocycles. The predicted molar refractivity (Wildman–Crippen MR) is 91.7 cm³/mol. The molecule has 5 rings (SSSR count). The normalized spacial score (nSPS) is 38.6. The number of hydrogen-bond acceptors (Lipinski definition) is 4. The third kappa shape index (κ3) is 1.66. The quantitative estimate of drug-likeness (QED) is 0.865. The van der Waals surface area contributed by atoms with Gasteiger partial charge in [0, 0.05) is 22.9 Å². The first-order valence-electron chi connectivity index (χ1n) is 9.19. The number of aliphatic hydroxyl groups is 1. The monoisotopic (exact) mass is 327 g/mol. The Morgan fingerprint density at radius 3 is 3.08 bits per heavy atom. The van der Waals surface area contributed by atoms with E-state index >= 15 is 0 Å². The first-order valence-corrected chi connectivity index (χ1v) is 9.19. The van der Waals surface area contributed by atoms with Crippen LogP contribution in [0.4, 0.5) is 0 Å². The van der Waals surface area contributed by atoms with Crippen molar-refractivity contribution >= 4 is 0 Å². The SMILES string of the molecule is CCCOc1ccc2c3c1O[C@H]1[C@@H](O)C=C[C@H]4[C@@H](C2)N(C)CC[C@@]341. The molecule has 1 fully saturated rings.